The Morgan fingerprint density at radius 3 is 0.765 bits per heavy atom. The minimum absolute atomic E-state index is 0. The Kier molecular flexibility index (Phi) is 15.0. The molecular weight excluding hydrogens is 1010 g/mol. The fraction of sp³-hybridized carbons (Fsp3) is 0.357. The minimum Gasteiger partial charge on any atom is -1.00 e. The van der Waals surface area contributed by atoms with Crippen molar-refractivity contribution in [2.24, 2.45) is 10.8 Å². The third kappa shape index (κ3) is 9.62. The molecule has 6 heterocycles. The Hall–Kier alpha value is -4.30. The molecule has 0 unspecified atom stereocenters. The topological polar surface area (TPSA) is 40.5 Å². The molecule has 4 bridgehead atoms. The summed E-state index contributed by atoms with van der Waals surface area (Å²) in [5.74, 6) is 0. The SMILES string of the molecule is OC(c1ccccc1)(c1ccccc1)C12CC[N+](Cc3ccc(C(F)(F)F)cc3)(CC1)CC2.OC(c1ccccc1)(c1ccccc1)C12CC[N+](Cc3ccc(C(F)(F)F)cc3)(CC1)CC2.[Br-].[Br-]. The summed E-state index contributed by atoms with van der Waals surface area (Å²) in [7, 11) is 0. The number of piperidine rings is 6. The number of fused-ring (bicyclic) bond motifs is 6. The van der Waals surface area contributed by atoms with Crippen molar-refractivity contribution in [3.05, 3.63) is 214 Å². The van der Waals surface area contributed by atoms with Gasteiger partial charge in [0.05, 0.1) is 50.4 Å². The van der Waals surface area contributed by atoms with Crippen LogP contribution in [0.4, 0.5) is 26.3 Å². The van der Waals surface area contributed by atoms with Crippen molar-refractivity contribution < 1.29 is 79.5 Å². The van der Waals surface area contributed by atoms with E-state index in [2.05, 4.69) is 0 Å². The van der Waals surface area contributed by atoms with E-state index < -0.39 is 34.7 Å². The summed E-state index contributed by atoms with van der Waals surface area (Å²) in [5.41, 5.74) is 1.77. The van der Waals surface area contributed by atoms with E-state index in [1.807, 2.05) is 121 Å². The van der Waals surface area contributed by atoms with Gasteiger partial charge in [-0.1, -0.05) is 146 Å². The van der Waals surface area contributed by atoms with Crippen molar-refractivity contribution in [1.29, 1.82) is 0 Å². The van der Waals surface area contributed by atoms with Gasteiger partial charge in [0.1, 0.15) is 24.3 Å². The second-order valence-electron chi connectivity index (χ2n) is 19.7. The molecule has 6 aliphatic heterocycles. The number of halogens is 8. The van der Waals surface area contributed by atoms with E-state index in [0.717, 1.165) is 133 Å². The molecule has 12 rings (SSSR count). The average molecular weight is 1060 g/mol. The average Bonchev–Trinajstić information content (AvgIpc) is 3.35. The molecule has 6 aromatic carbocycles. The number of rotatable bonds is 10. The van der Waals surface area contributed by atoms with E-state index in [0.29, 0.717) is 0 Å². The van der Waals surface area contributed by atoms with Gasteiger partial charge < -0.3 is 53.1 Å². The maximum Gasteiger partial charge on any atom is 0.416 e. The summed E-state index contributed by atoms with van der Waals surface area (Å²) in [6.45, 7) is 7.00. The van der Waals surface area contributed by atoms with Gasteiger partial charge in [-0.2, -0.15) is 26.3 Å². The van der Waals surface area contributed by atoms with Crippen LogP contribution in [0.15, 0.2) is 170 Å². The number of aliphatic hydroxyl groups is 2. The zero-order chi connectivity index (χ0) is 46.3. The van der Waals surface area contributed by atoms with Crippen molar-refractivity contribution in [1.82, 2.24) is 0 Å². The van der Waals surface area contributed by atoms with Gasteiger partial charge in [-0.15, -0.1) is 0 Å². The van der Waals surface area contributed by atoms with Crippen molar-refractivity contribution in [2.75, 3.05) is 39.3 Å². The van der Waals surface area contributed by atoms with Gasteiger partial charge in [-0.25, -0.2) is 0 Å². The van der Waals surface area contributed by atoms with Crippen LogP contribution in [0.25, 0.3) is 0 Å². The summed E-state index contributed by atoms with van der Waals surface area (Å²) in [6, 6.07) is 51.2. The zero-order valence-corrected chi connectivity index (χ0v) is 41.0. The molecule has 0 spiro atoms. The van der Waals surface area contributed by atoms with Crippen LogP contribution in [-0.2, 0) is 36.6 Å². The first-order valence-corrected chi connectivity index (χ1v) is 23.2. The number of quaternary nitrogens is 2. The third-order valence-corrected chi connectivity index (χ3v) is 16.3. The Labute approximate surface area is 417 Å². The number of hydrogen-bond donors (Lipinski definition) is 2. The smallest absolute Gasteiger partial charge is 0.416 e. The van der Waals surface area contributed by atoms with Crippen LogP contribution in [0.5, 0.6) is 0 Å². The first-order valence-electron chi connectivity index (χ1n) is 23.2. The number of benzene rings is 6. The number of nitrogens with zero attached hydrogens (tertiary/aromatic N) is 2. The van der Waals surface area contributed by atoms with Gasteiger partial charge in [0, 0.05) is 60.5 Å². The number of alkyl halides is 6. The molecule has 2 N–H and O–H groups in total. The van der Waals surface area contributed by atoms with Crippen molar-refractivity contribution >= 4 is 0 Å². The lowest BCUT2D eigenvalue weighted by Gasteiger charge is -2.60. The summed E-state index contributed by atoms with van der Waals surface area (Å²) in [5, 5.41) is 24.8. The summed E-state index contributed by atoms with van der Waals surface area (Å²) < 4.78 is 79.4. The van der Waals surface area contributed by atoms with Crippen LogP contribution in [0.2, 0.25) is 0 Å². The Balaban J connectivity index is 0.000000196. The molecule has 0 radical (unpaired) electrons. The predicted molar refractivity (Wildman–Crippen MR) is 244 cm³/mol. The Bertz CT molecular complexity index is 2250. The van der Waals surface area contributed by atoms with E-state index >= 15 is 0 Å². The molecular formula is C56H58Br2F6N2O2. The fourth-order valence-corrected chi connectivity index (χ4v) is 12.3. The first-order chi connectivity index (χ1) is 31.5. The van der Waals surface area contributed by atoms with Crippen LogP contribution < -0.4 is 34.0 Å². The largest absolute Gasteiger partial charge is 1.00 e. The molecule has 0 amide bonds. The lowest BCUT2D eigenvalue weighted by atomic mass is 9.56. The highest BCUT2D eigenvalue weighted by Crippen LogP contribution is 2.59. The molecule has 0 atom stereocenters. The lowest BCUT2D eigenvalue weighted by molar-refractivity contribution is -0.958. The molecule has 4 nitrogen and oxygen atoms in total. The molecule has 0 aromatic heterocycles. The zero-order valence-electron chi connectivity index (χ0n) is 37.9. The normalized spacial score (nSPS) is 24.5. The maximum absolute atomic E-state index is 12.9. The first kappa shape index (κ1) is 51.5. The molecule has 6 aromatic rings. The minimum atomic E-state index is -4.31. The number of hydrogen-bond acceptors (Lipinski definition) is 2. The van der Waals surface area contributed by atoms with Gasteiger partial charge in [0.25, 0.3) is 0 Å². The second kappa shape index (κ2) is 19.8. The summed E-state index contributed by atoms with van der Waals surface area (Å²) in [4.78, 5) is 0. The third-order valence-electron chi connectivity index (χ3n) is 16.3. The Morgan fingerprint density at radius 2 is 0.559 bits per heavy atom. The van der Waals surface area contributed by atoms with Crippen molar-refractivity contribution in [3.63, 3.8) is 0 Å². The molecule has 68 heavy (non-hydrogen) atoms. The highest BCUT2D eigenvalue weighted by atomic mass is 79.9. The van der Waals surface area contributed by atoms with Gasteiger partial charge in [-0.3, -0.25) is 0 Å². The van der Waals surface area contributed by atoms with E-state index in [4.69, 9.17) is 0 Å². The van der Waals surface area contributed by atoms with Crippen LogP contribution in [0.3, 0.4) is 0 Å². The monoisotopic (exact) mass is 1060 g/mol. The molecule has 6 fully saturated rings. The van der Waals surface area contributed by atoms with Gasteiger partial charge in [0.2, 0.25) is 0 Å². The van der Waals surface area contributed by atoms with Crippen LogP contribution in [0.1, 0.15) is 83.0 Å². The molecule has 6 aliphatic rings. The van der Waals surface area contributed by atoms with E-state index in [1.54, 1.807) is 24.3 Å². The molecule has 0 aliphatic carbocycles. The van der Waals surface area contributed by atoms with E-state index in [1.165, 1.54) is 24.3 Å². The van der Waals surface area contributed by atoms with Gasteiger partial charge in [0.15, 0.2) is 0 Å². The molecule has 12 heteroatoms. The maximum atomic E-state index is 12.9. The molecule has 360 valence electrons. The lowest BCUT2D eigenvalue weighted by Crippen LogP contribution is -3.00. The summed E-state index contributed by atoms with van der Waals surface area (Å²) in [6.07, 6.45) is -3.31. The van der Waals surface area contributed by atoms with Crippen molar-refractivity contribution in [3.8, 4) is 0 Å². The van der Waals surface area contributed by atoms with Crippen LogP contribution >= 0.6 is 0 Å². The van der Waals surface area contributed by atoms with Crippen LogP contribution in [0, 0.1) is 10.8 Å². The van der Waals surface area contributed by atoms with E-state index in [-0.39, 0.29) is 44.8 Å². The predicted octanol–water partition coefficient (Wildman–Crippen LogP) is 6.29. The van der Waals surface area contributed by atoms with E-state index in [9.17, 15) is 36.6 Å². The standard InChI is InChI=1S/2C28H29F3NO.2BrH/c2*29-28(30,31)25-13-11-22(12-14-25)21-32-18-15-26(16-19-32,17-20-32)27(33,23-7-3-1-4-8-23)24-9-5-2-6-10-24;;/h2*1-14,33H,15-21H2;2*1H/q2*+1;;/p-2. The van der Waals surface area contributed by atoms with Crippen LogP contribution in [-0.4, -0.2) is 58.4 Å². The Morgan fingerprint density at radius 1 is 0.338 bits per heavy atom. The quantitative estimate of drug-likeness (QED) is 0.125. The van der Waals surface area contributed by atoms with Gasteiger partial charge >= 0.3 is 12.4 Å². The highest BCUT2D eigenvalue weighted by molar-refractivity contribution is 5.41. The summed E-state index contributed by atoms with van der Waals surface area (Å²) >= 11 is 0. The molecule has 0 saturated carbocycles. The molecule has 6 saturated heterocycles. The highest BCUT2D eigenvalue weighted by Gasteiger charge is 2.61. The van der Waals surface area contributed by atoms with Crippen molar-refractivity contribution in [2.45, 2.75) is 75.2 Å². The fourth-order valence-electron chi connectivity index (χ4n) is 12.3. The van der Waals surface area contributed by atoms with Gasteiger partial charge in [-0.05, 0) is 46.5 Å². The second-order valence-corrected chi connectivity index (χ2v) is 19.7.